The van der Waals surface area contributed by atoms with Crippen molar-refractivity contribution in [2.24, 2.45) is 17.6 Å². The molecule has 0 bridgehead atoms. The zero-order chi connectivity index (χ0) is 8.97. The Bertz CT molecular complexity index is 126. The molecule has 0 saturated carbocycles. The molecule has 1 rings (SSSR count). The van der Waals surface area contributed by atoms with E-state index in [9.17, 15) is 4.39 Å². The predicted octanol–water partition coefficient (Wildman–Crippen LogP) is 1.35. The molecule has 0 aromatic heterocycles. The van der Waals surface area contributed by atoms with E-state index in [2.05, 4.69) is 0 Å². The maximum absolute atomic E-state index is 13.5. The van der Waals surface area contributed by atoms with Gasteiger partial charge in [0, 0.05) is 13.2 Å². The van der Waals surface area contributed by atoms with Crippen LogP contribution in [0.2, 0.25) is 0 Å². The minimum atomic E-state index is -0.737. The van der Waals surface area contributed by atoms with Gasteiger partial charge in [-0.25, -0.2) is 4.39 Å². The Morgan fingerprint density at radius 3 is 2.58 bits per heavy atom. The highest BCUT2D eigenvalue weighted by Gasteiger charge is 2.27. The van der Waals surface area contributed by atoms with Crippen molar-refractivity contribution in [1.82, 2.24) is 0 Å². The molecule has 72 valence electrons. The number of nitrogens with two attached hydrogens (primary N) is 1. The lowest BCUT2D eigenvalue weighted by Gasteiger charge is -2.28. The third kappa shape index (κ3) is 2.42. The summed E-state index contributed by atoms with van der Waals surface area (Å²) >= 11 is 0. The van der Waals surface area contributed by atoms with Gasteiger partial charge in [-0.05, 0) is 31.2 Å². The predicted molar refractivity (Wildman–Crippen MR) is 46.7 cm³/mol. The molecule has 2 N–H and O–H groups in total. The van der Waals surface area contributed by atoms with E-state index in [1.54, 1.807) is 0 Å². The Morgan fingerprint density at radius 1 is 1.50 bits per heavy atom. The molecule has 1 aliphatic heterocycles. The summed E-state index contributed by atoms with van der Waals surface area (Å²) in [5.41, 5.74) is 5.41. The minimum Gasteiger partial charge on any atom is -0.381 e. The zero-order valence-electron chi connectivity index (χ0n) is 7.63. The topological polar surface area (TPSA) is 35.2 Å². The van der Waals surface area contributed by atoms with Gasteiger partial charge in [-0.1, -0.05) is 6.92 Å². The van der Waals surface area contributed by atoms with E-state index in [1.165, 1.54) is 0 Å². The summed E-state index contributed by atoms with van der Waals surface area (Å²) in [6, 6.07) is 0. The summed E-state index contributed by atoms with van der Waals surface area (Å²) in [5.74, 6) is 0.172. The fraction of sp³-hybridized carbons (Fsp3) is 1.00. The third-order valence-corrected chi connectivity index (χ3v) is 2.63. The fourth-order valence-corrected chi connectivity index (χ4v) is 1.63. The summed E-state index contributed by atoms with van der Waals surface area (Å²) in [7, 11) is 0. The van der Waals surface area contributed by atoms with E-state index in [4.69, 9.17) is 10.5 Å². The minimum absolute atomic E-state index is 0.00639. The van der Waals surface area contributed by atoms with Crippen molar-refractivity contribution in [2.75, 3.05) is 19.8 Å². The third-order valence-electron chi connectivity index (χ3n) is 2.63. The van der Waals surface area contributed by atoms with Crippen molar-refractivity contribution in [3.05, 3.63) is 0 Å². The van der Waals surface area contributed by atoms with E-state index in [1.807, 2.05) is 6.92 Å². The molecule has 0 amide bonds. The second-order valence-corrected chi connectivity index (χ2v) is 3.61. The van der Waals surface area contributed by atoms with Crippen LogP contribution in [-0.2, 0) is 4.74 Å². The molecule has 0 aromatic rings. The first-order valence-corrected chi connectivity index (χ1v) is 4.67. The van der Waals surface area contributed by atoms with Crippen LogP contribution >= 0.6 is 0 Å². The van der Waals surface area contributed by atoms with Gasteiger partial charge in [-0.2, -0.15) is 0 Å². The fourth-order valence-electron chi connectivity index (χ4n) is 1.63. The highest BCUT2D eigenvalue weighted by atomic mass is 19.1. The molecule has 1 saturated heterocycles. The van der Waals surface area contributed by atoms with Crippen LogP contribution in [0.3, 0.4) is 0 Å². The lowest BCUT2D eigenvalue weighted by Crippen LogP contribution is -2.32. The SMILES string of the molecule is CC(CN)C(F)C1CCOCC1. The molecular formula is C9H18FNO. The number of ether oxygens (including phenoxy) is 1. The van der Waals surface area contributed by atoms with Crippen LogP contribution in [0.1, 0.15) is 19.8 Å². The second kappa shape index (κ2) is 4.77. The molecule has 0 aliphatic carbocycles. The number of alkyl halides is 1. The first-order valence-electron chi connectivity index (χ1n) is 4.67. The van der Waals surface area contributed by atoms with Gasteiger partial charge < -0.3 is 10.5 Å². The molecule has 1 heterocycles. The lowest BCUT2D eigenvalue weighted by atomic mass is 9.88. The van der Waals surface area contributed by atoms with E-state index in [-0.39, 0.29) is 11.8 Å². The molecule has 2 nitrogen and oxygen atoms in total. The van der Waals surface area contributed by atoms with Crippen LogP contribution in [0.25, 0.3) is 0 Å². The van der Waals surface area contributed by atoms with Gasteiger partial charge in [0.1, 0.15) is 6.17 Å². The molecule has 0 aromatic carbocycles. The van der Waals surface area contributed by atoms with E-state index >= 15 is 0 Å². The second-order valence-electron chi connectivity index (χ2n) is 3.61. The molecule has 2 atom stereocenters. The first kappa shape index (κ1) is 9.93. The number of halogens is 1. The Morgan fingerprint density at radius 2 is 2.08 bits per heavy atom. The van der Waals surface area contributed by atoms with Gasteiger partial charge in [0.05, 0.1) is 0 Å². The Labute approximate surface area is 73.3 Å². The first-order chi connectivity index (χ1) is 5.75. The van der Waals surface area contributed by atoms with Crippen LogP contribution in [0.15, 0.2) is 0 Å². The Hall–Kier alpha value is -0.150. The molecule has 0 radical (unpaired) electrons. The van der Waals surface area contributed by atoms with Crippen molar-refractivity contribution >= 4 is 0 Å². The van der Waals surface area contributed by atoms with Crippen LogP contribution in [0.5, 0.6) is 0 Å². The summed E-state index contributed by atoms with van der Waals surface area (Å²) in [4.78, 5) is 0. The van der Waals surface area contributed by atoms with Crippen LogP contribution in [0, 0.1) is 11.8 Å². The van der Waals surface area contributed by atoms with E-state index < -0.39 is 6.17 Å². The molecule has 12 heavy (non-hydrogen) atoms. The van der Waals surface area contributed by atoms with Crippen LogP contribution in [-0.4, -0.2) is 25.9 Å². The maximum Gasteiger partial charge on any atom is 0.107 e. The molecular weight excluding hydrogens is 157 g/mol. The Kier molecular flexibility index (Phi) is 3.95. The van der Waals surface area contributed by atoms with E-state index in [0.29, 0.717) is 19.8 Å². The monoisotopic (exact) mass is 175 g/mol. The largest absolute Gasteiger partial charge is 0.381 e. The summed E-state index contributed by atoms with van der Waals surface area (Å²) in [5, 5.41) is 0. The quantitative estimate of drug-likeness (QED) is 0.702. The van der Waals surface area contributed by atoms with Crippen molar-refractivity contribution in [3.8, 4) is 0 Å². The van der Waals surface area contributed by atoms with Crippen LogP contribution in [0.4, 0.5) is 4.39 Å². The summed E-state index contributed by atoms with van der Waals surface area (Å²) in [6.07, 6.45) is 0.968. The summed E-state index contributed by atoms with van der Waals surface area (Å²) < 4.78 is 18.7. The number of rotatable bonds is 3. The van der Waals surface area contributed by atoms with Crippen LogP contribution < -0.4 is 5.73 Å². The lowest BCUT2D eigenvalue weighted by molar-refractivity contribution is 0.0240. The standard InChI is InChI=1S/C9H18FNO/c1-7(6-11)9(10)8-2-4-12-5-3-8/h7-9H,2-6,11H2,1H3. The van der Waals surface area contributed by atoms with Crippen molar-refractivity contribution in [2.45, 2.75) is 25.9 Å². The molecule has 3 heteroatoms. The molecule has 1 aliphatic rings. The van der Waals surface area contributed by atoms with Gasteiger partial charge in [0.15, 0.2) is 0 Å². The van der Waals surface area contributed by atoms with Gasteiger partial charge in [0.2, 0.25) is 0 Å². The van der Waals surface area contributed by atoms with Gasteiger partial charge >= 0.3 is 0 Å². The molecule has 2 unspecified atom stereocenters. The zero-order valence-corrected chi connectivity index (χ0v) is 7.63. The van der Waals surface area contributed by atoms with Crippen molar-refractivity contribution in [1.29, 1.82) is 0 Å². The van der Waals surface area contributed by atoms with Gasteiger partial charge in [-0.15, -0.1) is 0 Å². The molecule has 1 fully saturated rings. The molecule has 0 spiro atoms. The average molecular weight is 175 g/mol. The van der Waals surface area contributed by atoms with Gasteiger partial charge in [-0.3, -0.25) is 0 Å². The summed E-state index contributed by atoms with van der Waals surface area (Å²) in [6.45, 7) is 3.74. The average Bonchev–Trinajstić information content (AvgIpc) is 2.17. The van der Waals surface area contributed by atoms with Crippen molar-refractivity contribution in [3.63, 3.8) is 0 Å². The maximum atomic E-state index is 13.5. The highest BCUT2D eigenvalue weighted by molar-refractivity contribution is 4.76. The van der Waals surface area contributed by atoms with Gasteiger partial charge in [0.25, 0.3) is 0 Å². The number of hydrogen-bond acceptors (Lipinski definition) is 2. The number of hydrogen-bond donors (Lipinski definition) is 1. The smallest absolute Gasteiger partial charge is 0.107 e. The van der Waals surface area contributed by atoms with Crippen molar-refractivity contribution < 1.29 is 9.13 Å². The normalized spacial score (nSPS) is 25.2. The van der Waals surface area contributed by atoms with E-state index in [0.717, 1.165) is 12.8 Å². The Balaban J connectivity index is 2.33. The highest BCUT2D eigenvalue weighted by Crippen LogP contribution is 2.25.